The number of hydrogen-bond acceptors (Lipinski definition) is 3. The third-order valence-electron chi connectivity index (χ3n) is 3.06. The Morgan fingerprint density at radius 1 is 1.20 bits per heavy atom. The molecule has 1 aromatic heterocycles. The van der Waals surface area contributed by atoms with Crippen molar-refractivity contribution in [3.05, 3.63) is 47.2 Å². The van der Waals surface area contributed by atoms with Crippen molar-refractivity contribution < 1.29 is 9.59 Å². The predicted molar refractivity (Wildman–Crippen MR) is 76.8 cm³/mol. The Balaban J connectivity index is 2.43. The Morgan fingerprint density at radius 2 is 1.85 bits per heavy atom. The molecule has 0 atom stereocenters. The van der Waals surface area contributed by atoms with Crippen LogP contribution >= 0.6 is 0 Å². The molecule has 1 heterocycles. The highest BCUT2D eigenvalue weighted by molar-refractivity contribution is 5.89. The van der Waals surface area contributed by atoms with Gasteiger partial charge in [-0.25, -0.2) is 4.68 Å². The molecule has 0 bridgehead atoms. The summed E-state index contributed by atoms with van der Waals surface area (Å²) in [7, 11) is 0. The van der Waals surface area contributed by atoms with Crippen LogP contribution in [0.25, 0.3) is 0 Å². The Bertz CT molecular complexity index is 645. The van der Waals surface area contributed by atoms with Gasteiger partial charge in [-0.15, -0.1) is 5.10 Å². The number of hydrogen-bond donors (Lipinski definition) is 1. The number of nitrogens with one attached hydrogen (secondary N) is 1. The summed E-state index contributed by atoms with van der Waals surface area (Å²) >= 11 is 0. The van der Waals surface area contributed by atoms with Crippen LogP contribution in [0.2, 0.25) is 0 Å². The maximum Gasteiger partial charge on any atom is 0.244 e. The molecule has 0 aliphatic rings. The molecule has 2 rings (SSSR count). The van der Waals surface area contributed by atoms with E-state index in [1.807, 2.05) is 37.3 Å². The lowest BCUT2D eigenvalue weighted by molar-refractivity contribution is -0.114. The second-order valence-corrected chi connectivity index (χ2v) is 4.69. The van der Waals surface area contributed by atoms with Crippen molar-refractivity contribution in [2.45, 2.75) is 27.2 Å². The van der Waals surface area contributed by atoms with Crippen LogP contribution in [0, 0.1) is 6.92 Å². The largest absolute Gasteiger partial charge is 0.309 e. The number of carbonyl (C=O) groups is 2. The van der Waals surface area contributed by atoms with E-state index in [0.717, 1.165) is 16.8 Å². The molecule has 0 fully saturated rings. The standard InChI is InChI=1S/C15H17N3O2/c1-10-14(9-13-7-5-4-6-8-13)15(16-11(2)19)17-18(10)12(3)20/h4-8H,9H2,1-3H3,(H,16,17,19). The zero-order valence-corrected chi connectivity index (χ0v) is 11.8. The van der Waals surface area contributed by atoms with Crippen molar-refractivity contribution in [3.8, 4) is 0 Å². The first kappa shape index (κ1) is 14.0. The van der Waals surface area contributed by atoms with Crippen LogP contribution in [0.4, 0.5) is 5.82 Å². The van der Waals surface area contributed by atoms with Gasteiger partial charge in [-0.1, -0.05) is 30.3 Å². The molecule has 0 aliphatic carbocycles. The van der Waals surface area contributed by atoms with Crippen molar-refractivity contribution in [1.29, 1.82) is 0 Å². The van der Waals surface area contributed by atoms with E-state index in [4.69, 9.17) is 0 Å². The zero-order chi connectivity index (χ0) is 14.7. The number of anilines is 1. The maximum atomic E-state index is 11.6. The summed E-state index contributed by atoms with van der Waals surface area (Å²) in [6.45, 7) is 4.70. The molecule has 0 unspecified atom stereocenters. The first-order valence-electron chi connectivity index (χ1n) is 6.40. The molecule has 0 saturated heterocycles. The number of amides is 1. The van der Waals surface area contributed by atoms with Gasteiger partial charge in [0.15, 0.2) is 5.82 Å². The van der Waals surface area contributed by atoms with Crippen molar-refractivity contribution >= 4 is 17.6 Å². The number of benzene rings is 1. The van der Waals surface area contributed by atoms with Gasteiger partial charge < -0.3 is 5.32 Å². The SMILES string of the molecule is CC(=O)Nc1nn(C(C)=O)c(C)c1Cc1ccccc1. The first-order valence-corrected chi connectivity index (χ1v) is 6.40. The molecular weight excluding hydrogens is 254 g/mol. The molecule has 1 aromatic carbocycles. The van der Waals surface area contributed by atoms with E-state index in [2.05, 4.69) is 10.4 Å². The first-order chi connectivity index (χ1) is 9.49. The second-order valence-electron chi connectivity index (χ2n) is 4.69. The Hall–Kier alpha value is -2.43. The number of carbonyl (C=O) groups excluding carboxylic acids is 2. The quantitative estimate of drug-likeness (QED) is 0.932. The van der Waals surface area contributed by atoms with Gasteiger partial charge in [0.2, 0.25) is 11.8 Å². The summed E-state index contributed by atoms with van der Waals surface area (Å²) in [6.07, 6.45) is 0.621. The predicted octanol–water partition coefficient (Wildman–Crippen LogP) is 2.40. The molecule has 0 saturated carbocycles. The fraction of sp³-hybridized carbons (Fsp3) is 0.267. The molecule has 1 N–H and O–H groups in total. The van der Waals surface area contributed by atoms with Gasteiger partial charge in [0.25, 0.3) is 0 Å². The molecule has 20 heavy (non-hydrogen) atoms. The number of aromatic nitrogens is 2. The smallest absolute Gasteiger partial charge is 0.244 e. The number of rotatable bonds is 3. The molecule has 0 radical (unpaired) electrons. The normalized spacial score (nSPS) is 10.3. The average Bonchev–Trinajstić information content (AvgIpc) is 2.68. The molecular formula is C15H17N3O2. The highest BCUT2D eigenvalue weighted by Gasteiger charge is 2.17. The minimum atomic E-state index is -0.201. The van der Waals surface area contributed by atoms with Crippen molar-refractivity contribution in [2.75, 3.05) is 5.32 Å². The monoisotopic (exact) mass is 271 g/mol. The van der Waals surface area contributed by atoms with E-state index in [9.17, 15) is 9.59 Å². The number of nitrogens with zero attached hydrogens (tertiary/aromatic N) is 2. The van der Waals surface area contributed by atoms with Crippen LogP contribution in [-0.2, 0) is 11.2 Å². The molecule has 0 aliphatic heterocycles. The van der Waals surface area contributed by atoms with Gasteiger partial charge in [0, 0.05) is 25.8 Å². The van der Waals surface area contributed by atoms with E-state index < -0.39 is 0 Å². The minimum Gasteiger partial charge on any atom is -0.309 e. The topological polar surface area (TPSA) is 64.0 Å². The van der Waals surface area contributed by atoms with Crippen LogP contribution in [0.5, 0.6) is 0 Å². The average molecular weight is 271 g/mol. The van der Waals surface area contributed by atoms with E-state index in [1.54, 1.807) is 0 Å². The van der Waals surface area contributed by atoms with Crippen LogP contribution in [-0.4, -0.2) is 21.6 Å². The second kappa shape index (κ2) is 5.69. The third kappa shape index (κ3) is 2.93. The Morgan fingerprint density at radius 3 is 2.40 bits per heavy atom. The Labute approximate surface area is 117 Å². The van der Waals surface area contributed by atoms with Gasteiger partial charge in [0.1, 0.15) is 0 Å². The summed E-state index contributed by atoms with van der Waals surface area (Å²) in [5.41, 5.74) is 2.72. The highest BCUT2D eigenvalue weighted by Crippen LogP contribution is 2.22. The van der Waals surface area contributed by atoms with Gasteiger partial charge in [-0.3, -0.25) is 9.59 Å². The molecule has 0 spiro atoms. The molecule has 5 nitrogen and oxygen atoms in total. The lowest BCUT2D eigenvalue weighted by Gasteiger charge is -2.04. The van der Waals surface area contributed by atoms with Crippen LogP contribution in [0.3, 0.4) is 0 Å². The summed E-state index contributed by atoms with van der Waals surface area (Å²) in [5.74, 6) is 0.0787. The lowest BCUT2D eigenvalue weighted by Crippen LogP contribution is -2.11. The molecule has 104 valence electrons. The van der Waals surface area contributed by atoms with Gasteiger partial charge >= 0.3 is 0 Å². The van der Waals surface area contributed by atoms with Gasteiger partial charge in [0.05, 0.1) is 5.69 Å². The zero-order valence-electron chi connectivity index (χ0n) is 11.8. The lowest BCUT2D eigenvalue weighted by atomic mass is 10.1. The summed E-state index contributed by atoms with van der Waals surface area (Å²) < 4.78 is 1.32. The highest BCUT2D eigenvalue weighted by atomic mass is 16.2. The Kier molecular flexibility index (Phi) is 3.98. The van der Waals surface area contributed by atoms with Crippen LogP contribution in [0.15, 0.2) is 30.3 Å². The van der Waals surface area contributed by atoms with Crippen LogP contribution < -0.4 is 5.32 Å². The fourth-order valence-corrected chi connectivity index (χ4v) is 2.12. The summed E-state index contributed by atoms with van der Waals surface area (Å²) in [6, 6.07) is 9.87. The fourth-order valence-electron chi connectivity index (χ4n) is 2.12. The molecule has 1 amide bonds. The van der Waals surface area contributed by atoms with E-state index in [1.165, 1.54) is 18.5 Å². The maximum absolute atomic E-state index is 11.6. The summed E-state index contributed by atoms with van der Waals surface area (Å²) in [5, 5.41) is 6.87. The van der Waals surface area contributed by atoms with E-state index in [0.29, 0.717) is 12.2 Å². The van der Waals surface area contributed by atoms with E-state index in [-0.39, 0.29) is 11.8 Å². The van der Waals surface area contributed by atoms with Crippen molar-refractivity contribution in [3.63, 3.8) is 0 Å². The van der Waals surface area contributed by atoms with Crippen molar-refractivity contribution in [2.24, 2.45) is 0 Å². The molecule has 5 heteroatoms. The van der Waals surface area contributed by atoms with E-state index >= 15 is 0 Å². The third-order valence-corrected chi connectivity index (χ3v) is 3.06. The van der Waals surface area contributed by atoms with Gasteiger partial charge in [-0.05, 0) is 12.5 Å². The van der Waals surface area contributed by atoms with Crippen molar-refractivity contribution in [1.82, 2.24) is 9.78 Å². The molecule has 2 aromatic rings. The minimum absolute atomic E-state index is 0.173. The van der Waals surface area contributed by atoms with Gasteiger partial charge in [-0.2, -0.15) is 0 Å². The van der Waals surface area contributed by atoms with Crippen LogP contribution in [0.1, 0.15) is 35.5 Å². The summed E-state index contributed by atoms with van der Waals surface area (Å²) in [4.78, 5) is 22.8.